The van der Waals surface area contributed by atoms with Crippen molar-refractivity contribution < 1.29 is 9.90 Å². The first kappa shape index (κ1) is 17.3. The maximum atomic E-state index is 10.6. The van der Waals surface area contributed by atoms with Gasteiger partial charge in [-0.15, -0.1) is 0 Å². The van der Waals surface area contributed by atoms with Gasteiger partial charge in [-0.25, -0.2) is 0 Å². The van der Waals surface area contributed by atoms with Crippen LogP contribution in [0.3, 0.4) is 0 Å². The summed E-state index contributed by atoms with van der Waals surface area (Å²) in [6.07, 6.45) is 8.01. The first-order chi connectivity index (χ1) is 9.70. The summed E-state index contributed by atoms with van der Waals surface area (Å²) < 4.78 is 2.30. The fraction of sp³-hybridized carbons (Fsp3) is 0.500. The van der Waals surface area contributed by atoms with Crippen LogP contribution in [-0.4, -0.2) is 15.6 Å². The van der Waals surface area contributed by atoms with Gasteiger partial charge in [0.05, 0.1) is 0 Å². The van der Waals surface area contributed by atoms with Gasteiger partial charge in [-0.3, -0.25) is 4.79 Å². The Morgan fingerprint density at radius 2 is 2.00 bits per heavy atom. The number of aryl methyl sites for hydroxylation is 2. The maximum absolute atomic E-state index is 10.6. The van der Waals surface area contributed by atoms with Crippen molar-refractivity contribution in [2.24, 2.45) is 0 Å². The van der Waals surface area contributed by atoms with Gasteiger partial charge >= 0.3 is 5.97 Å². The third-order valence-electron chi connectivity index (χ3n) is 3.72. The van der Waals surface area contributed by atoms with Gasteiger partial charge in [-0.05, 0) is 42.0 Å². The first-order valence-electron chi connectivity index (χ1n) is 7.50. The van der Waals surface area contributed by atoms with Gasteiger partial charge in [0.15, 0.2) is 0 Å². The lowest BCUT2D eigenvalue weighted by Crippen LogP contribution is -1.98. The van der Waals surface area contributed by atoms with Crippen LogP contribution in [0.4, 0.5) is 0 Å². The summed E-state index contributed by atoms with van der Waals surface area (Å²) in [6.45, 7) is 3.29. The van der Waals surface area contributed by atoms with Crippen molar-refractivity contribution in [2.45, 2.75) is 59.4 Å². The number of carbonyl (C=O) groups is 1. The van der Waals surface area contributed by atoms with Crippen LogP contribution in [0.15, 0.2) is 30.5 Å². The summed E-state index contributed by atoms with van der Waals surface area (Å²) in [5.41, 5.74) is 2.35. The second kappa shape index (κ2) is 8.50. The van der Waals surface area contributed by atoms with Gasteiger partial charge in [0.2, 0.25) is 0 Å². The molecular formula is C18H27NO2. The van der Waals surface area contributed by atoms with Crippen molar-refractivity contribution in [3.8, 4) is 0 Å². The molecule has 0 amide bonds. The van der Waals surface area contributed by atoms with Crippen LogP contribution in [0.25, 0.3) is 10.9 Å². The minimum absolute atomic E-state index is 0. The van der Waals surface area contributed by atoms with E-state index in [2.05, 4.69) is 35.9 Å². The second-order valence-electron chi connectivity index (χ2n) is 5.36. The fourth-order valence-electron chi connectivity index (χ4n) is 2.56. The van der Waals surface area contributed by atoms with Crippen molar-refractivity contribution in [3.63, 3.8) is 0 Å². The Morgan fingerprint density at radius 3 is 2.71 bits per heavy atom. The van der Waals surface area contributed by atoms with E-state index in [0.717, 1.165) is 12.1 Å². The van der Waals surface area contributed by atoms with Crippen LogP contribution < -0.4 is 0 Å². The predicted molar refractivity (Wildman–Crippen MR) is 88.8 cm³/mol. The summed E-state index contributed by atoms with van der Waals surface area (Å²) in [5.74, 6) is -0.737. The van der Waals surface area contributed by atoms with Gasteiger partial charge in [0.1, 0.15) is 0 Å². The molecule has 2 aromatic rings. The van der Waals surface area contributed by atoms with Crippen LogP contribution in [-0.2, 0) is 17.8 Å². The third-order valence-corrected chi connectivity index (χ3v) is 3.72. The standard InChI is InChI=1S/C17H23NO2.CH4/c1-2-3-4-5-11-18-12-10-15-13-14(6-8-16(15)18)7-9-17(19)20;/h6,8,10,12-13H,2-5,7,9,11H2,1H3,(H,19,20);1H4. The molecule has 0 saturated heterocycles. The van der Waals surface area contributed by atoms with Crippen LogP contribution >= 0.6 is 0 Å². The number of benzene rings is 1. The Labute approximate surface area is 127 Å². The van der Waals surface area contributed by atoms with Crippen LogP contribution in [0.5, 0.6) is 0 Å². The number of nitrogens with zero attached hydrogens (tertiary/aromatic N) is 1. The number of carboxylic acids is 1. The average Bonchev–Trinajstić information content (AvgIpc) is 2.84. The van der Waals surface area contributed by atoms with E-state index in [1.54, 1.807) is 0 Å². The van der Waals surface area contributed by atoms with E-state index in [0.29, 0.717) is 6.42 Å². The minimum Gasteiger partial charge on any atom is -0.481 e. The number of hydrogen-bond donors (Lipinski definition) is 1. The van der Waals surface area contributed by atoms with Gasteiger partial charge in [0, 0.05) is 24.7 Å². The molecule has 0 spiro atoms. The molecule has 0 fully saturated rings. The number of carboxylic acid groups (broad SMARTS) is 1. The summed E-state index contributed by atoms with van der Waals surface area (Å²) in [4.78, 5) is 10.6. The number of aromatic nitrogens is 1. The molecule has 116 valence electrons. The lowest BCUT2D eigenvalue weighted by atomic mass is 10.1. The van der Waals surface area contributed by atoms with Gasteiger partial charge < -0.3 is 9.67 Å². The van der Waals surface area contributed by atoms with Crippen LogP contribution in [0, 0.1) is 0 Å². The Balaban J connectivity index is 0.00000220. The van der Waals surface area contributed by atoms with E-state index in [9.17, 15) is 4.79 Å². The molecule has 21 heavy (non-hydrogen) atoms. The lowest BCUT2D eigenvalue weighted by Gasteiger charge is -2.06. The number of fused-ring (bicyclic) bond motifs is 1. The highest BCUT2D eigenvalue weighted by Crippen LogP contribution is 2.19. The van der Waals surface area contributed by atoms with Crippen LogP contribution in [0.1, 0.15) is 52.0 Å². The largest absolute Gasteiger partial charge is 0.481 e. The highest BCUT2D eigenvalue weighted by molar-refractivity contribution is 5.81. The molecule has 0 aliphatic carbocycles. The van der Waals surface area contributed by atoms with Crippen molar-refractivity contribution in [2.75, 3.05) is 0 Å². The van der Waals surface area contributed by atoms with Gasteiger partial charge in [-0.2, -0.15) is 0 Å². The molecule has 3 nitrogen and oxygen atoms in total. The van der Waals surface area contributed by atoms with E-state index in [1.165, 1.54) is 36.6 Å². The third kappa shape index (κ3) is 4.92. The molecule has 0 aliphatic heterocycles. The molecule has 0 radical (unpaired) electrons. The normalized spacial score (nSPS) is 10.5. The molecule has 3 heteroatoms. The monoisotopic (exact) mass is 289 g/mol. The van der Waals surface area contributed by atoms with E-state index in [-0.39, 0.29) is 13.8 Å². The number of hydrogen-bond acceptors (Lipinski definition) is 1. The quantitative estimate of drug-likeness (QED) is 0.704. The van der Waals surface area contributed by atoms with Crippen molar-refractivity contribution >= 4 is 16.9 Å². The number of rotatable bonds is 8. The summed E-state index contributed by atoms with van der Waals surface area (Å²) >= 11 is 0. The van der Waals surface area contributed by atoms with E-state index >= 15 is 0 Å². The van der Waals surface area contributed by atoms with E-state index < -0.39 is 5.97 Å². The zero-order chi connectivity index (χ0) is 14.4. The molecule has 2 rings (SSSR count). The Bertz CT molecular complexity index is 572. The zero-order valence-electron chi connectivity index (χ0n) is 12.1. The summed E-state index contributed by atoms with van der Waals surface area (Å²) in [7, 11) is 0. The van der Waals surface area contributed by atoms with Gasteiger partial charge in [-0.1, -0.05) is 39.7 Å². The summed E-state index contributed by atoms with van der Waals surface area (Å²) in [5, 5.41) is 9.94. The highest BCUT2D eigenvalue weighted by Gasteiger charge is 2.04. The maximum Gasteiger partial charge on any atom is 0.303 e. The van der Waals surface area contributed by atoms with E-state index in [4.69, 9.17) is 5.11 Å². The zero-order valence-corrected chi connectivity index (χ0v) is 12.1. The SMILES string of the molecule is C.CCCCCCn1ccc2cc(CCC(=O)O)ccc21. The van der Waals surface area contributed by atoms with Crippen molar-refractivity contribution in [3.05, 3.63) is 36.0 Å². The molecule has 0 saturated carbocycles. The molecule has 1 heterocycles. The molecular weight excluding hydrogens is 262 g/mol. The van der Waals surface area contributed by atoms with Gasteiger partial charge in [0.25, 0.3) is 0 Å². The van der Waals surface area contributed by atoms with E-state index in [1.807, 2.05) is 6.07 Å². The highest BCUT2D eigenvalue weighted by atomic mass is 16.4. The topological polar surface area (TPSA) is 42.2 Å². The number of aliphatic carboxylic acids is 1. The number of unbranched alkanes of at least 4 members (excludes halogenated alkanes) is 3. The molecule has 1 N–H and O–H groups in total. The second-order valence-corrected chi connectivity index (χ2v) is 5.36. The Hall–Kier alpha value is -1.77. The average molecular weight is 289 g/mol. The molecule has 0 unspecified atom stereocenters. The molecule has 1 aromatic carbocycles. The predicted octanol–water partition coefficient (Wildman–Crippen LogP) is 4.87. The smallest absolute Gasteiger partial charge is 0.303 e. The van der Waals surface area contributed by atoms with Crippen LogP contribution in [0.2, 0.25) is 0 Å². The minimum atomic E-state index is -0.737. The van der Waals surface area contributed by atoms with Crippen molar-refractivity contribution in [1.29, 1.82) is 0 Å². The molecule has 0 atom stereocenters. The molecule has 0 bridgehead atoms. The Kier molecular flexibility index (Phi) is 7.00. The molecule has 0 aliphatic rings. The van der Waals surface area contributed by atoms with Crippen molar-refractivity contribution in [1.82, 2.24) is 4.57 Å². The fourth-order valence-corrected chi connectivity index (χ4v) is 2.56. The molecule has 1 aromatic heterocycles. The Morgan fingerprint density at radius 1 is 1.19 bits per heavy atom. The lowest BCUT2D eigenvalue weighted by molar-refractivity contribution is -0.136. The summed E-state index contributed by atoms with van der Waals surface area (Å²) in [6, 6.07) is 8.40. The first-order valence-corrected chi connectivity index (χ1v) is 7.50.